The molecule has 0 aliphatic heterocycles. The van der Waals surface area contributed by atoms with E-state index in [2.05, 4.69) is 16.2 Å². The highest BCUT2D eigenvalue weighted by Crippen LogP contribution is 2.42. The second-order valence-corrected chi connectivity index (χ2v) is 4.89. The lowest BCUT2D eigenvalue weighted by Gasteiger charge is -1.94. The minimum Gasteiger partial charge on any atom is -0.227 e. The van der Waals surface area contributed by atoms with Crippen molar-refractivity contribution in [1.29, 1.82) is 5.26 Å². The predicted octanol–water partition coefficient (Wildman–Crippen LogP) is 2.73. The smallest absolute Gasteiger partial charge is 0.211 e. The van der Waals surface area contributed by atoms with Crippen molar-refractivity contribution in [3.05, 3.63) is 28.0 Å². The molecule has 0 spiro atoms. The molecule has 0 radical (unpaired) electrons. The zero-order valence-electron chi connectivity index (χ0n) is 8.22. The van der Waals surface area contributed by atoms with E-state index in [9.17, 15) is 0 Å². The monoisotopic (exact) mass is 250 g/mol. The summed E-state index contributed by atoms with van der Waals surface area (Å²) in [6, 6.07) is 2.13. The molecular weight excluding hydrogens is 244 g/mol. The highest BCUT2D eigenvalue weighted by Gasteiger charge is 2.32. The normalized spacial score (nSPS) is 15.0. The molecule has 0 aromatic carbocycles. The average Bonchev–Trinajstić information content (AvgIpc) is 2.88. The van der Waals surface area contributed by atoms with Gasteiger partial charge in [0, 0.05) is 17.5 Å². The second kappa shape index (κ2) is 3.58. The summed E-state index contributed by atoms with van der Waals surface area (Å²) in [5.74, 6) is 0.411. The van der Waals surface area contributed by atoms with E-state index in [1.54, 1.807) is 10.9 Å². The van der Waals surface area contributed by atoms with Crippen molar-refractivity contribution in [2.45, 2.75) is 18.8 Å². The van der Waals surface area contributed by atoms with E-state index in [0.717, 1.165) is 18.5 Å². The van der Waals surface area contributed by atoms with Crippen LogP contribution >= 0.6 is 22.9 Å². The van der Waals surface area contributed by atoms with Crippen LogP contribution in [0.1, 0.15) is 30.0 Å². The van der Waals surface area contributed by atoms with Crippen molar-refractivity contribution in [3.8, 4) is 11.2 Å². The van der Waals surface area contributed by atoms with Gasteiger partial charge < -0.3 is 0 Å². The molecule has 3 rings (SSSR count). The van der Waals surface area contributed by atoms with Crippen molar-refractivity contribution in [3.63, 3.8) is 0 Å². The third-order valence-corrected chi connectivity index (χ3v) is 3.63. The summed E-state index contributed by atoms with van der Waals surface area (Å²) < 4.78 is 1.55. The number of nitriles is 1. The van der Waals surface area contributed by atoms with Gasteiger partial charge >= 0.3 is 0 Å². The van der Waals surface area contributed by atoms with Crippen LogP contribution in [0.5, 0.6) is 0 Å². The average molecular weight is 251 g/mol. The first-order valence-corrected chi connectivity index (χ1v) is 6.15. The molecule has 2 heterocycles. The summed E-state index contributed by atoms with van der Waals surface area (Å²) in [4.78, 5) is 4.14. The molecule has 1 aliphatic carbocycles. The van der Waals surface area contributed by atoms with Crippen LogP contribution in [-0.4, -0.2) is 14.8 Å². The van der Waals surface area contributed by atoms with Gasteiger partial charge in [0.2, 0.25) is 5.13 Å². The minimum atomic E-state index is 0.374. The van der Waals surface area contributed by atoms with Crippen LogP contribution in [-0.2, 0) is 0 Å². The summed E-state index contributed by atoms with van der Waals surface area (Å²) in [6.07, 6.45) is 3.89. The number of rotatable bonds is 2. The molecule has 80 valence electrons. The maximum Gasteiger partial charge on any atom is 0.211 e. The molecule has 4 nitrogen and oxygen atoms in total. The standard InChI is InChI=1S/C10H7ClN4S/c11-9-7(5-12)8(6-1-2-6)14-15(9)10-13-3-4-16-10/h3-4,6H,1-2H2. The van der Waals surface area contributed by atoms with Gasteiger partial charge in [0.05, 0.1) is 5.69 Å². The Morgan fingerprint density at radius 1 is 1.56 bits per heavy atom. The zero-order chi connectivity index (χ0) is 11.1. The molecule has 1 aliphatic rings. The molecule has 16 heavy (non-hydrogen) atoms. The number of nitrogens with zero attached hydrogens (tertiary/aromatic N) is 4. The highest BCUT2D eigenvalue weighted by atomic mass is 35.5. The van der Waals surface area contributed by atoms with Crippen molar-refractivity contribution < 1.29 is 0 Å². The third-order valence-electron chi connectivity index (χ3n) is 2.53. The molecule has 0 saturated heterocycles. The zero-order valence-corrected chi connectivity index (χ0v) is 9.79. The highest BCUT2D eigenvalue weighted by molar-refractivity contribution is 7.12. The summed E-state index contributed by atoms with van der Waals surface area (Å²) in [5.41, 5.74) is 1.32. The van der Waals surface area contributed by atoms with Crippen LogP contribution in [0.15, 0.2) is 11.6 Å². The van der Waals surface area contributed by atoms with Gasteiger partial charge in [-0.05, 0) is 12.8 Å². The Bertz CT molecular complexity index is 562. The first-order chi connectivity index (χ1) is 7.81. The minimum absolute atomic E-state index is 0.374. The molecule has 6 heteroatoms. The Labute approximate surface area is 101 Å². The van der Waals surface area contributed by atoms with Crippen LogP contribution in [0.2, 0.25) is 5.15 Å². The summed E-state index contributed by atoms with van der Waals surface area (Å²) in [5, 5.41) is 16.4. The van der Waals surface area contributed by atoms with Gasteiger partial charge in [-0.1, -0.05) is 11.6 Å². The van der Waals surface area contributed by atoms with Gasteiger partial charge in [-0.3, -0.25) is 0 Å². The molecule has 1 saturated carbocycles. The van der Waals surface area contributed by atoms with E-state index in [1.807, 2.05) is 5.38 Å². The summed E-state index contributed by atoms with van der Waals surface area (Å²) in [6.45, 7) is 0. The summed E-state index contributed by atoms with van der Waals surface area (Å²) in [7, 11) is 0. The van der Waals surface area contributed by atoms with Gasteiger partial charge in [-0.25, -0.2) is 4.98 Å². The number of aromatic nitrogens is 3. The van der Waals surface area contributed by atoms with E-state index >= 15 is 0 Å². The fourth-order valence-corrected chi connectivity index (χ4v) is 2.51. The van der Waals surface area contributed by atoms with Gasteiger partial charge in [0.15, 0.2) is 5.15 Å². The van der Waals surface area contributed by atoms with E-state index in [4.69, 9.17) is 16.9 Å². The lowest BCUT2D eigenvalue weighted by atomic mass is 10.2. The predicted molar refractivity (Wildman–Crippen MR) is 60.9 cm³/mol. The van der Waals surface area contributed by atoms with E-state index in [-0.39, 0.29) is 0 Å². The van der Waals surface area contributed by atoms with Gasteiger partial charge in [-0.2, -0.15) is 15.0 Å². The fourth-order valence-electron chi connectivity index (χ4n) is 1.61. The lowest BCUT2D eigenvalue weighted by molar-refractivity contribution is 0.830. The number of thiazole rings is 1. The largest absolute Gasteiger partial charge is 0.227 e. The van der Waals surface area contributed by atoms with Crippen molar-refractivity contribution >= 4 is 22.9 Å². The lowest BCUT2D eigenvalue weighted by Crippen LogP contribution is -1.95. The fraction of sp³-hybridized carbons (Fsp3) is 0.300. The molecular formula is C10H7ClN4S. The van der Waals surface area contributed by atoms with E-state index < -0.39 is 0 Å². The Balaban J connectivity index is 2.17. The first kappa shape index (κ1) is 9.82. The van der Waals surface area contributed by atoms with Gasteiger partial charge in [0.25, 0.3) is 0 Å². The molecule has 0 amide bonds. The first-order valence-electron chi connectivity index (χ1n) is 4.89. The van der Waals surface area contributed by atoms with Crippen LogP contribution < -0.4 is 0 Å². The Morgan fingerprint density at radius 2 is 2.38 bits per heavy atom. The maximum atomic E-state index is 9.08. The molecule has 0 atom stereocenters. The summed E-state index contributed by atoms with van der Waals surface area (Å²) >= 11 is 7.59. The van der Waals surface area contributed by atoms with Crippen LogP contribution in [0, 0.1) is 11.3 Å². The van der Waals surface area contributed by atoms with Crippen LogP contribution in [0.4, 0.5) is 0 Å². The van der Waals surface area contributed by atoms with Crippen molar-refractivity contribution in [2.75, 3.05) is 0 Å². The molecule has 1 fully saturated rings. The number of halogens is 1. The molecule has 2 aromatic rings. The Hall–Kier alpha value is -1.38. The van der Waals surface area contributed by atoms with E-state index in [1.165, 1.54) is 11.3 Å². The van der Waals surface area contributed by atoms with Crippen molar-refractivity contribution in [1.82, 2.24) is 14.8 Å². The van der Waals surface area contributed by atoms with Gasteiger partial charge in [-0.15, -0.1) is 11.3 Å². The Kier molecular flexibility index (Phi) is 2.20. The van der Waals surface area contributed by atoms with Crippen LogP contribution in [0.3, 0.4) is 0 Å². The molecule has 0 bridgehead atoms. The topological polar surface area (TPSA) is 54.5 Å². The maximum absolute atomic E-state index is 9.08. The third kappa shape index (κ3) is 1.42. The quantitative estimate of drug-likeness (QED) is 0.824. The van der Waals surface area contributed by atoms with Crippen molar-refractivity contribution in [2.24, 2.45) is 0 Å². The second-order valence-electron chi connectivity index (χ2n) is 3.66. The van der Waals surface area contributed by atoms with Gasteiger partial charge in [0.1, 0.15) is 11.6 Å². The molecule has 0 unspecified atom stereocenters. The van der Waals surface area contributed by atoms with Crippen LogP contribution in [0.25, 0.3) is 5.13 Å². The molecule has 2 aromatic heterocycles. The number of hydrogen-bond donors (Lipinski definition) is 0. The SMILES string of the molecule is N#Cc1c(C2CC2)nn(-c2nccs2)c1Cl. The Morgan fingerprint density at radius 3 is 2.94 bits per heavy atom. The number of hydrogen-bond acceptors (Lipinski definition) is 4. The van der Waals surface area contributed by atoms with E-state index in [0.29, 0.717) is 21.8 Å². The molecule has 0 N–H and O–H groups in total.